The second-order valence-corrected chi connectivity index (χ2v) is 4.39. The summed E-state index contributed by atoms with van der Waals surface area (Å²) in [4.78, 5) is 22.6. The molecule has 0 aliphatic rings. The SMILES string of the molecule is CC(CCCN)C(=O)Nc1cccc(NC(N)=O)c1. The average molecular weight is 264 g/mol. The summed E-state index contributed by atoms with van der Waals surface area (Å²) in [6.45, 7) is 2.44. The van der Waals surface area contributed by atoms with E-state index in [1.807, 2.05) is 6.92 Å². The highest BCUT2D eigenvalue weighted by Crippen LogP contribution is 2.16. The van der Waals surface area contributed by atoms with Gasteiger partial charge in [0.1, 0.15) is 0 Å². The largest absolute Gasteiger partial charge is 0.351 e. The van der Waals surface area contributed by atoms with Gasteiger partial charge in [-0.05, 0) is 37.6 Å². The molecule has 1 unspecified atom stereocenters. The van der Waals surface area contributed by atoms with E-state index in [2.05, 4.69) is 10.6 Å². The summed E-state index contributed by atoms with van der Waals surface area (Å²) in [5, 5.41) is 5.25. The maximum atomic E-state index is 11.9. The lowest BCUT2D eigenvalue weighted by Crippen LogP contribution is -2.22. The summed E-state index contributed by atoms with van der Waals surface area (Å²) in [5.41, 5.74) is 11.6. The predicted octanol–water partition coefficient (Wildman–Crippen LogP) is 1.49. The molecule has 104 valence electrons. The Morgan fingerprint density at radius 1 is 1.26 bits per heavy atom. The summed E-state index contributed by atoms with van der Waals surface area (Å²) in [5.74, 6) is -0.166. The minimum Gasteiger partial charge on any atom is -0.351 e. The Morgan fingerprint density at radius 2 is 1.89 bits per heavy atom. The van der Waals surface area contributed by atoms with E-state index >= 15 is 0 Å². The van der Waals surface area contributed by atoms with E-state index in [9.17, 15) is 9.59 Å². The quantitative estimate of drug-likeness (QED) is 0.624. The molecule has 0 aromatic heterocycles. The van der Waals surface area contributed by atoms with Crippen molar-refractivity contribution >= 4 is 23.3 Å². The molecule has 1 rings (SSSR count). The van der Waals surface area contributed by atoms with Crippen molar-refractivity contribution in [2.45, 2.75) is 19.8 Å². The minimum atomic E-state index is -0.639. The zero-order valence-corrected chi connectivity index (χ0v) is 11.0. The van der Waals surface area contributed by atoms with Crippen LogP contribution in [0.25, 0.3) is 0 Å². The number of hydrogen-bond donors (Lipinski definition) is 4. The van der Waals surface area contributed by atoms with Crippen LogP contribution in [0, 0.1) is 5.92 Å². The molecular weight excluding hydrogens is 244 g/mol. The molecule has 0 saturated carbocycles. The first-order valence-corrected chi connectivity index (χ1v) is 6.20. The molecule has 1 aromatic rings. The van der Waals surface area contributed by atoms with Gasteiger partial charge in [-0.1, -0.05) is 13.0 Å². The van der Waals surface area contributed by atoms with Gasteiger partial charge in [0.25, 0.3) is 0 Å². The number of rotatable bonds is 6. The van der Waals surface area contributed by atoms with Gasteiger partial charge in [0.2, 0.25) is 5.91 Å². The van der Waals surface area contributed by atoms with Crippen LogP contribution >= 0.6 is 0 Å². The van der Waals surface area contributed by atoms with Crippen LogP contribution in [0.15, 0.2) is 24.3 Å². The van der Waals surface area contributed by atoms with Crippen molar-refractivity contribution in [2.75, 3.05) is 17.2 Å². The van der Waals surface area contributed by atoms with Crippen LogP contribution in [0.5, 0.6) is 0 Å². The first-order chi connectivity index (χ1) is 9.02. The lowest BCUT2D eigenvalue weighted by molar-refractivity contribution is -0.119. The maximum absolute atomic E-state index is 11.9. The molecule has 0 spiro atoms. The summed E-state index contributed by atoms with van der Waals surface area (Å²) in [6.07, 6.45) is 1.57. The van der Waals surface area contributed by atoms with Crippen LogP contribution in [0.1, 0.15) is 19.8 Å². The molecule has 0 aliphatic heterocycles. The maximum Gasteiger partial charge on any atom is 0.316 e. The van der Waals surface area contributed by atoms with Crippen molar-refractivity contribution < 1.29 is 9.59 Å². The Morgan fingerprint density at radius 3 is 2.47 bits per heavy atom. The highest BCUT2D eigenvalue weighted by Gasteiger charge is 2.12. The first-order valence-electron chi connectivity index (χ1n) is 6.20. The number of benzene rings is 1. The van der Waals surface area contributed by atoms with Crippen molar-refractivity contribution in [1.82, 2.24) is 0 Å². The van der Waals surface area contributed by atoms with Gasteiger partial charge < -0.3 is 22.1 Å². The summed E-state index contributed by atoms with van der Waals surface area (Å²) >= 11 is 0. The molecule has 6 heteroatoms. The zero-order chi connectivity index (χ0) is 14.3. The number of carbonyl (C=O) groups is 2. The molecule has 3 amide bonds. The molecule has 0 aliphatic carbocycles. The molecule has 0 heterocycles. The monoisotopic (exact) mass is 264 g/mol. The van der Waals surface area contributed by atoms with E-state index in [-0.39, 0.29) is 11.8 Å². The van der Waals surface area contributed by atoms with Crippen LogP contribution < -0.4 is 22.1 Å². The molecule has 19 heavy (non-hydrogen) atoms. The first kappa shape index (κ1) is 15.0. The highest BCUT2D eigenvalue weighted by atomic mass is 16.2. The van der Waals surface area contributed by atoms with Crippen LogP contribution in [-0.4, -0.2) is 18.5 Å². The zero-order valence-electron chi connectivity index (χ0n) is 11.0. The van der Waals surface area contributed by atoms with Gasteiger partial charge in [-0.25, -0.2) is 4.79 Å². The molecule has 0 bridgehead atoms. The molecular formula is C13H20N4O2. The van der Waals surface area contributed by atoms with E-state index in [0.717, 1.165) is 12.8 Å². The predicted molar refractivity (Wildman–Crippen MR) is 75.7 cm³/mol. The molecule has 0 fully saturated rings. The molecule has 0 radical (unpaired) electrons. The number of carbonyl (C=O) groups excluding carboxylic acids is 2. The van der Waals surface area contributed by atoms with Gasteiger partial charge >= 0.3 is 6.03 Å². The molecule has 1 atom stereocenters. The van der Waals surface area contributed by atoms with Gasteiger partial charge in [0.05, 0.1) is 0 Å². The van der Waals surface area contributed by atoms with Gasteiger partial charge in [-0.2, -0.15) is 0 Å². The van der Waals surface area contributed by atoms with Crippen molar-refractivity contribution in [3.63, 3.8) is 0 Å². The summed E-state index contributed by atoms with van der Waals surface area (Å²) < 4.78 is 0. The fourth-order valence-corrected chi connectivity index (χ4v) is 1.64. The van der Waals surface area contributed by atoms with E-state index in [0.29, 0.717) is 17.9 Å². The third kappa shape index (κ3) is 5.39. The fraction of sp³-hybridized carbons (Fsp3) is 0.385. The van der Waals surface area contributed by atoms with Crippen LogP contribution in [0.3, 0.4) is 0 Å². The van der Waals surface area contributed by atoms with Crippen molar-refractivity contribution in [3.8, 4) is 0 Å². The number of anilines is 2. The van der Waals surface area contributed by atoms with E-state index in [1.165, 1.54) is 0 Å². The van der Waals surface area contributed by atoms with Crippen LogP contribution in [0.4, 0.5) is 16.2 Å². The molecule has 6 nitrogen and oxygen atoms in total. The Kier molecular flexibility index (Phi) is 5.81. The lowest BCUT2D eigenvalue weighted by atomic mass is 10.0. The Balaban J connectivity index is 2.61. The van der Waals surface area contributed by atoms with Gasteiger partial charge in [-0.15, -0.1) is 0 Å². The Labute approximate surface area is 112 Å². The standard InChI is InChI=1S/C13H20N4O2/c1-9(4-3-7-14)12(18)16-10-5-2-6-11(8-10)17-13(15)19/h2,5-6,8-9H,3-4,7,14H2,1H3,(H,16,18)(H3,15,17,19). The highest BCUT2D eigenvalue weighted by molar-refractivity contribution is 5.94. The minimum absolute atomic E-state index is 0.0651. The van der Waals surface area contributed by atoms with Gasteiger partial charge in [0, 0.05) is 17.3 Å². The lowest BCUT2D eigenvalue weighted by Gasteiger charge is -2.12. The Bertz CT molecular complexity index is 448. The molecule has 0 saturated heterocycles. The normalized spacial score (nSPS) is 11.7. The number of urea groups is 1. The summed E-state index contributed by atoms with van der Waals surface area (Å²) in [6, 6.07) is 6.18. The number of amides is 3. The van der Waals surface area contributed by atoms with Crippen molar-refractivity contribution in [1.29, 1.82) is 0 Å². The number of primary amides is 1. The van der Waals surface area contributed by atoms with Gasteiger partial charge in [0.15, 0.2) is 0 Å². The molecule has 1 aromatic carbocycles. The topological polar surface area (TPSA) is 110 Å². The van der Waals surface area contributed by atoms with Crippen molar-refractivity contribution in [3.05, 3.63) is 24.3 Å². The average Bonchev–Trinajstić information content (AvgIpc) is 2.35. The van der Waals surface area contributed by atoms with Crippen molar-refractivity contribution in [2.24, 2.45) is 17.4 Å². The summed E-state index contributed by atoms with van der Waals surface area (Å²) in [7, 11) is 0. The second-order valence-electron chi connectivity index (χ2n) is 4.39. The van der Waals surface area contributed by atoms with E-state index in [1.54, 1.807) is 24.3 Å². The fourth-order valence-electron chi connectivity index (χ4n) is 1.64. The van der Waals surface area contributed by atoms with E-state index < -0.39 is 6.03 Å². The number of nitrogens with one attached hydrogen (secondary N) is 2. The smallest absolute Gasteiger partial charge is 0.316 e. The third-order valence-corrected chi connectivity index (χ3v) is 2.69. The number of hydrogen-bond acceptors (Lipinski definition) is 3. The van der Waals surface area contributed by atoms with Crippen LogP contribution in [0.2, 0.25) is 0 Å². The van der Waals surface area contributed by atoms with E-state index in [4.69, 9.17) is 11.5 Å². The van der Waals surface area contributed by atoms with Crippen LogP contribution in [-0.2, 0) is 4.79 Å². The van der Waals surface area contributed by atoms with Gasteiger partial charge in [-0.3, -0.25) is 4.79 Å². The number of nitrogens with two attached hydrogens (primary N) is 2. The third-order valence-electron chi connectivity index (χ3n) is 2.69. The molecule has 6 N–H and O–H groups in total. The second kappa shape index (κ2) is 7.38. The Hall–Kier alpha value is -2.08.